The molecule has 0 bridgehead atoms. The fourth-order valence-electron chi connectivity index (χ4n) is 4.84. The summed E-state index contributed by atoms with van der Waals surface area (Å²) in [4.78, 5) is 43.3. The van der Waals surface area contributed by atoms with Crippen LogP contribution in [0.25, 0.3) is 0 Å². The SMILES string of the molecule is CN1C(=O)[C@H](N(C(=O)C2(C(F)(F)F)CC2)C(C)(C)C(N)=O)CC2=C1C(Cl)=CCN2c1cc(Cl)cc(Cl)c1. The summed E-state index contributed by atoms with van der Waals surface area (Å²) in [6.07, 6.45) is -4.29. The van der Waals surface area contributed by atoms with Gasteiger partial charge in [0.05, 0.1) is 10.7 Å². The number of anilines is 1. The highest BCUT2D eigenvalue weighted by Crippen LogP contribution is 2.59. The molecular weight excluding hydrogens is 556 g/mol. The molecular formula is C24H24Cl3F3N4O3. The number of nitrogens with zero attached hydrogens (tertiary/aromatic N) is 3. The summed E-state index contributed by atoms with van der Waals surface area (Å²) in [7, 11) is 1.41. The number of allylic oxidation sites excluding steroid dienone is 1. The fraction of sp³-hybridized carbons (Fsp3) is 0.458. The van der Waals surface area contributed by atoms with Crippen molar-refractivity contribution >= 4 is 58.2 Å². The summed E-state index contributed by atoms with van der Waals surface area (Å²) in [5, 5.41) is 0.943. The molecule has 0 spiro atoms. The van der Waals surface area contributed by atoms with E-state index in [1.165, 1.54) is 31.9 Å². The molecule has 1 aromatic carbocycles. The van der Waals surface area contributed by atoms with Gasteiger partial charge in [0.25, 0.3) is 0 Å². The molecule has 1 atom stereocenters. The van der Waals surface area contributed by atoms with Gasteiger partial charge in [-0.3, -0.25) is 14.4 Å². The lowest BCUT2D eigenvalue weighted by atomic mass is 9.89. The minimum Gasteiger partial charge on any atom is -0.368 e. The molecule has 1 saturated carbocycles. The summed E-state index contributed by atoms with van der Waals surface area (Å²) >= 11 is 18.9. The second kappa shape index (κ2) is 9.10. The highest BCUT2D eigenvalue weighted by Gasteiger charge is 2.71. The van der Waals surface area contributed by atoms with E-state index in [9.17, 15) is 27.6 Å². The Morgan fingerprint density at radius 2 is 1.68 bits per heavy atom. The predicted octanol–water partition coefficient (Wildman–Crippen LogP) is 4.81. The Balaban J connectivity index is 1.85. The van der Waals surface area contributed by atoms with Gasteiger partial charge in [0.2, 0.25) is 17.7 Å². The van der Waals surface area contributed by atoms with E-state index in [1.54, 1.807) is 23.1 Å². The van der Waals surface area contributed by atoms with Gasteiger partial charge in [-0.1, -0.05) is 34.8 Å². The number of hydrogen-bond acceptors (Lipinski definition) is 4. The number of primary amides is 1. The summed E-state index contributed by atoms with van der Waals surface area (Å²) < 4.78 is 42.0. The summed E-state index contributed by atoms with van der Waals surface area (Å²) in [6.45, 7) is 2.71. The zero-order valence-electron chi connectivity index (χ0n) is 20.1. The molecule has 2 N–H and O–H groups in total. The Morgan fingerprint density at radius 1 is 1.11 bits per heavy atom. The van der Waals surface area contributed by atoms with Gasteiger partial charge in [-0.2, -0.15) is 13.2 Å². The molecule has 4 rings (SSSR count). The minimum absolute atomic E-state index is 0.219. The van der Waals surface area contributed by atoms with E-state index in [0.717, 1.165) is 0 Å². The summed E-state index contributed by atoms with van der Waals surface area (Å²) in [5.74, 6) is -3.10. The predicted molar refractivity (Wildman–Crippen MR) is 134 cm³/mol. The molecule has 37 heavy (non-hydrogen) atoms. The number of rotatable bonds is 5. The van der Waals surface area contributed by atoms with Crippen molar-refractivity contribution in [2.45, 2.75) is 50.9 Å². The Kier molecular flexibility index (Phi) is 6.79. The van der Waals surface area contributed by atoms with E-state index in [4.69, 9.17) is 40.5 Å². The largest absolute Gasteiger partial charge is 0.403 e. The van der Waals surface area contributed by atoms with E-state index in [-0.39, 0.29) is 18.0 Å². The maximum absolute atomic E-state index is 14.0. The Hall–Kier alpha value is -2.43. The van der Waals surface area contributed by atoms with Crippen molar-refractivity contribution in [3.8, 4) is 0 Å². The van der Waals surface area contributed by atoms with Crippen LogP contribution < -0.4 is 10.6 Å². The van der Waals surface area contributed by atoms with Gasteiger partial charge >= 0.3 is 6.18 Å². The van der Waals surface area contributed by atoms with Crippen molar-refractivity contribution < 1.29 is 27.6 Å². The number of carbonyl (C=O) groups excluding carboxylic acids is 3. The first-order valence-corrected chi connectivity index (χ1v) is 12.5. The van der Waals surface area contributed by atoms with E-state index in [0.29, 0.717) is 32.0 Å². The summed E-state index contributed by atoms with van der Waals surface area (Å²) in [6, 6.07) is 3.35. The van der Waals surface area contributed by atoms with Gasteiger partial charge in [-0.15, -0.1) is 0 Å². The number of benzene rings is 1. The maximum Gasteiger partial charge on any atom is 0.403 e. The van der Waals surface area contributed by atoms with Crippen molar-refractivity contribution in [3.05, 3.63) is 50.7 Å². The molecule has 1 aromatic rings. The number of carbonyl (C=O) groups is 3. The van der Waals surface area contributed by atoms with E-state index >= 15 is 0 Å². The molecule has 3 amide bonds. The van der Waals surface area contributed by atoms with Crippen LogP contribution in [0, 0.1) is 5.41 Å². The minimum atomic E-state index is -4.86. The van der Waals surface area contributed by atoms with Crippen LogP contribution in [-0.2, 0) is 14.4 Å². The van der Waals surface area contributed by atoms with E-state index in [2.05, 4.69) is 0 Å². The quantitative estimate of drug-likeness (QED) is 0.542. The van der Waals surface area contributed by atoms with Gasteiger partial charge in [-0.25, -0.2) is 0 Å². The van der Waals surface area contributed by atoms with Gasteiger partial charge in [0.15, 0.2) is 0 Å². The van der Waals surface area contributed by atoms with Crippen LogP contribution in [0.15, 0.2) is 40.7 Å². The number of nitrogens with two attached hydrogens (primary N) is 1. The van der Waals surface area contributed by atoms with Gasteiger partial charge in [0, 0.05) is 41.4 Å². The Morgan fingerprint density at radius 3 is 2.16 bits per heavy atom. The molecule has 200 valence electrons. The highest BCUT2D eigenvalue weighted by atomic mass is 35.5. The van der Waals surface area contributed by atoms with E-state index < -0.39 is 53.7 Å². The molecule has 0 radical (unpaired) electrons. The first-order valence-electron chi connectivity index (χ1n) is 11.3. The molecule has 3 aliphatic rings. The lowest BCUT2D eigenvalue weighted by Gasteiger charge is -2.48. The second-order valence-corrected chi connectivity index (χ2v) is 11.2. The first-order chi connectivity index (χ1) is 17.0. The van der Waals surface area contributed by atoms with Crippen molar-refractivity contribution in [3.63, 3.8) is 0 Å². The molecule has 2 heterocycles. The molecule has 0 aromatic heterocycles. The third kappa shape index (κ3) is 4.46. The fourth-order valence-corrected chi connectivity index (χ4v) is 5.66. The van der Waals surface area contributed by atoms with Crippen molar-refractivity contribution in [1.29, 1.82) is 0 Å². The van der Waals surface area contributed by atoms with Crippen LogP contribution in [0.5, 0.6) is 0 Å². The molecule has 1 fully saturated rings. The first kappa shape index (κ1) is 27.6. The van der Waals surface area contributed by atoms with Crippen molar-refractivity contribution in [2.75, 3.05) is 18.5 Å². The zero-order chi connectivity index (χ0) is 27.7. The monoisotopic (exact) mass is 578 g/mol. The Labute approximate surface area is 226 Å². The highest BCUT2D eigenvalue weighted by molar-refractivity contribution is 6.35. The third-order valence-electron chi connectivity index (χ3n) is 7.21. The Bertz CT molecular complexity index is 1240. The topological polar surface area (TPSA) is 87.0 Å². The van der Waals surface area contributed by atoms with Crippen LogP contribution in [0.1, 0.15) is 33.1 Å². The lowest BCUT2D eigenvalue weighted by Crippen LogP contribution is -2.66. The van der Waals surface area contributed by atoms with Crippen molar-refractivity contribution in [1.82, 2.24) is 9.80 Å². The molecule has 0 unspecified atom stereocenters. The molecule has 2 aliphatic heterocycles. The molecule has 7 nitrogen and oxygen atoms in total. The normalized spacial score (nSPS) is 21.5. The van der Waals surface area contributed by atoms with Crippen LogP contribution in [-0.4, -0.2) is 58.9 Å². The lowest BCUT2D eigenvalue weighted by molar-refractivity contribution is -0.204. The van der Waals surface area contributed by atoms with Crippen molar-refractivity contribution in [2.24, 2.45) is 11.1 Å². The number of amides is 3. The van der Waals surface area contributed by atoms with E-state index in [1.807, 2.05) is 0 Å². The summed E-state index contributed by atoms with van der Waals surface area (Å²) in [5.41, 5.74) is 2.30. The second-order valence-electron chi connectivity index (χ2n) is 9.88. The number of hydrogen-bond donors (Lipinski definition) is 1. The smallest absolute Gasteiger partial charge is 0.368 e. The van der Waals surface area contributed by atoms with Crippen LogP contribution in [0.4, 0.5) is 18.9 Å². The average Bonchev–Trinajstić information content (AvgIpc) is 3.58. The van der Waals surface area contributed by atoms with Gasteiger partial charge in [-0.05, 0) is 51.0 Å². The molecule has 1 aliphatic carbocycles. The average molecular weight is 580 g/mol. The number of alkyl halides is 3. The van der Waals surface area contributed by atoms with Gasteiger partial charge in [0.1, 0.15) is 17.0 Å². The maximum atomic E-state index is 14.0. The standard InChI is InChI=1S/C24H24Cl3F3N4O3/c1-22(2,20(31)36)34(21(37)23(5-6-23)24(28,29)30)17-11-16-18(32(3)19(17)35)15(27)4-7-33(16)14-9-12(25)8-13(26)10-14/h4,8-10,17H,5-7,11H2,1-3H3,(H2,31,36)/t17-/m1/s1. The van der Waals surface area contributed by atoms with Crippen LogP contribution in [0.3, 0.4) is 0 Å². The molecule has 0 saturated heterocycles. The zero-order valence-corrected chi connectivity index (χ0v) is 22.4. The molecule has 13 heteroatoms. The van der Waals surface area contributed by atoms with Gasteiger partial charge < -0.3 is 20.4 Å². The third-order valence-corrected chi connectivity index (χ3v) is 7.98. The van der Waals surface area contributed by atoms with Crippen LogP contribution >= 0.6 is 34.8 Å². The number of likely N-dealkylation sites (N-methyl/N-ethyl adjacent to an activating group) is 1. The number of halogens is 6. The van der Waals surface area contributed by atoms with Crippen LogP contribution in [0.2, 0.25) is 10.0 Å².